The average Bonchev–Trinajstić information content (AvgIpc) is 3.28. The lowest BCUT2D eigenvalue weighted by Gasteiger charge is -2.24. The SMILES string of the molecule is COc1cccc(CNCC[C@@H]2CCC(=O)N2Cc2nc3ccc(Cl)cc3[nH]2)c1. The van der Waals surface area contributed by atoms with Crippen LogP contribution in [-0.4, -0.2) is 40.5 Å². The van der Waals surface area contributed by atoms with E-state index < -0.39 is 0 Å². The van der Waals surface area contributed by atoms with Gasteiger partial charge in [-0.15, -0.1) is 0 Å². The molecular formula is C22H25ClN4O2. The molecule has 4 rings (SSSR count). The molecule has 1 atom stereocenters. The van der Waals surface area contributed by atoms with Crippen LogP contribution in [0.25, 0.3) is 11.0 Å². The van der Waals surface area contributed by atoms with Crippen LogP contribution < -0.4 is 10.1 Å². The number of likely N-dealkylation sites (tertiary alicyclic amines) is 1. The minimum Gasteiger partial charge on any atom is -0.497 e. The van der Waals surface area contributed by atoms with E-state index in [0.29, 0.717) is 18.0 Å². The maximum atomic E-state index is 12.4. The Morgan fingerprint density at radius 3 is 3.07 bits per heavy atom. The first kappa shape index (κ1) is 19.7. The molecule has 6 nitrogen and oxygen atoms in total. The molecule has 1 aliphatic heterocycles. The number of ether oxygens (including phenoxy) is 1. The number of aromatic amines is 1. The largest absolute Gasteiger partial charge is 0.497 e. The minimum atomic E-state index is 0.196. The molecule has 7 heteroatoms. The Balaban J connectivity index is 1.32. The van der Waals surface area contributed by atoms with E-state index in [-0.39, 0.29) is 11.9 Å². The predicted octanol–water partition coefficient (Wildman–Crippen LogP) is 3.90. The zero-order chi connectivity index (χ0) is 20.2. The standard InChI is InChI=1S/C22H25ClN4O2/c1-29-18-4-2-3-15(11-18)13-24-10-9-17-6-8-22(28)27(17)14-21-25-19-7-5-16(23)12-20(19)26-21/h2-5,7,11-12,17,24H,6,8-10,13-14H2,1H3,(H,25,26)/t17-/m0/s1. The highest BCUT2D eigenvalue weighted by Gasteiger charge is 2.31. The minimum absolute atomic E-state index is 0.196. The molecule has 2 N–H and O–H groups in total. The molecule has 29 heavy (non-hydrogen) atoms. The van der Waals surface area contributed by atoms with Crippen LogP contribution in [0.1, 0.15) is 30.7 Å². The van der Waals surface area contributed by atoms with Crippen LogP contribution in [-0.2, 0) is 17.9 Å². The summed E-state index contributed by atoms with van der Waals surface area (Å²) in [7, 11) is 1.68. The van der Waals surface area contributed by atoms with E-state index in [1.165, 1.54) is 5.56 Å². The third-order valence-corrected chi connectivity index (χ3v) is 5.62. The van der Waals surface area contributed by atoms with Gasteiger partial charge in [-0.05, 0) is 55.3 Å². The topological polar surface area (TPSA) is 70.2 Å². The lowest BCUT2D eigenvalue weighted by molar-refractivity contribution is -0.129. The quantitative estimate of drug-likeness (QED) is 0.550. The Bertz CT molecular complexity index is 1000. The predicted molar refractivity (Wildman–Crippen MR) is 114 cm³/mol. The van der Waals surface area contributed by atoms with Crippen molar-refractivity contribution in [2.45, 2.75) is 38.4 Å². The highest BCUT2D eigenvalue weighted by Crippen LogP contribution is 2.24. The molecule has 1 fully saturated rings. The molecule has 0 bridgehead atoms. The first-order chi connectivity index (χ1) is 14.1. The van der Waals surface area contributed by atoms with Crippen molar-refractivity contribution >= 4 is 28.5 Å². The molecule has 0 radical (unpaired) electrons. The maximum absolute atomic E-state index is 12.4. The zero-order valence-electron chi connectivity index (χ0n) is 16.5. The van der Waals surface area contributed by atoms with Gasteiger partial charge < -0.3 is 19.9 Å². The molecule has 1 aromatic heterocycles. The molecule has 1 amide bonds. The van der Waals surface area contributed by atoms with Crippen molar-refractivity contribution in [2.75, 3.05) is 13.7 Å². The second-order valence-electron chi connectivity index (χ2n) is 7.38. The first-order valence-corrected chi connectivity index (χ1v) is 10.3. The van der Waals surface area contributed by atoms with Gasteiger partial charge >= 0.3 is 0 Å². The van der Waals surface area contributed by atoms with Gasteiger partial charge in [-0.2, -0.15) is 0 Å². The van der Waals surface area contributed by atoms with E-state index in [1.807, 2.05) is 41.3 Å². The molecule has 2 aromatic carbocycles. The van der Waals surface area contributed by atoms with Crippen LogP contribution >= 0.6 is 11.6 Å². The van der Waals surface area contributed by atoms with Crippen LogP contribution in [0.3, 0.4) is 0 Å². The molecule has 3 aromatic rings. The highest BCUT2D eigenvalue weighted by molar-refractivity contribution is 6.31. The number of H-pyrrole nitrogens is 1. The summed E-state index contributed by atoms with van der Waals surface area (Å²) in [6.45, 7) is 2.13. The van der Waals surface area contributed by atoms with Crippen molar-refractivity contribution in [1.82, 2.24) is 20.2 Å². The molecule has 1 saturated heterocycles. The summed E-state index contributed by atoms with van der Waals surface area (Å²) in [5.41, 5.74) is 2.95. The second-order valence-corrected chi connectivity index (χ2v) is 7.81. The summed E-state index contributed by atoms with van der Waals surface area (Å²) in [6, 6.07) is 13.9. The van der Waals surface area contributed by atoms with Crippen molar-refractivity contribution in [1.29, 1.82) is 0 Å². The van der Waals surface area contributed by atoms with Gasteiger partial charge in [0, 0.05) is 24.0 Å². The summed E-state index contributed by atoms with van der Waals surface area (Å²) < 4.78 is 5.27. The number of imidazole rings is 1. The number of nitrogens with zero attached hydrogens (tertiary/aromatic N) is 2. The lowest BCUT2D eigenvalue weighted by Crippen LogP contribution is -2.35. The van der Waals surface area contributed by atoms with Gasteiger partial charge in [0.25, 0.3) is 0 Å². The molecule has 0 aliphatic carbocycles. The molecule has 152 valence electrons. The van der Waals surface area contributed by atoms with Gasteiger partial charge in [0.05, 0.1) is 24.7 Å². The van der Waals surface area contributed by atoms with Crippen molar-refractivity contribution in [3.8, 4) is 5.75 Å². The number of carbonyl (C=O) groups excluding carboxylic acids is 1. The molecule has 0 spiro atoms. The zero-order valence-corrected chi connectivity index (χ0v) is 17.2. The Labute approximate surface area is 175 Å². The van der Waals surface area contributed by atoms with E-state index >= 15 is 0 Å². The number of rotatable bonds is 8. The summed E-state index contributed by atoms with van der Waals surface area (Å²) >= 11 is 6.05. The second kappa shape index (κ2) is 8.84. The van der Waals surface area contributed by atoms with E-state index in [1.54, 1.807) is 7.11 Å². The number of aromatic nitrogens is 2. The van der Waals surface area contributed by atoms with E-state index in [9.17, 15) is 4.79 Å². The van der Waals surface area contributed by atoms with Gasteiger partial charge in [0.2, 0.25) is 5.91 Å². The van der Waals surface area contributed by atoms with Gasteiger partial charge in [0.15, 0.2) is 0 Å². The smallest absolute Gasteiger partial charge is 0.223 e. The fourth-order valence-corrected chi connectivity index (χ4v) is 4.04. The highest BCUT2D eigenvalue weighted by atomic mass is 35.5. The number of benzene rings is 2. The molecule has 0 unspecified atom stereocenters. The molecular weight excluding hydrogens is 388 g/mol. The lowest BCUT2D eigenvalue weighted by atomic mass is 10.1. The van der Waals surface area contributed by atoms with E-state index in [4.69, 9.17) is 16.3 Å². The number of hydrogen-bond acceptors (Lipinski definition) is 4. The van der Waals surface area contributed by atoms with Gasteiger partial charge in [-0.1, -0.05) is 23.7 Å². The third-order valence-electron chi connectivity index (χ3n) is 5.38. The third kappa shape index (κ3) is 4.71. The van der Waals surface area contributed by atoms with Gasteiger partial charge in [-0.3, -0.25) is 4.79 Å². The molecule has 1 aliphatic rings. The summed E-state index contributed by atoms with van der Waals surface area (Å²) in [5.74, 6) is 1.86. The number of hydrogen-bond donors (Lipinski definition) is 2. The number of carbonyl (C=O) groups is 1. The average molecular weight is 413 g/mol. The summed E-state index contributed by atoms with van der Waals surface area (Å²) in [4.78, 5) is 22.3. The van der Waals surface area contributed by atoms with Crippen LogP contribution in [0.4, 0.5) is 0 Å². The summed E-state index contributed by atoms with van der Waals surface area (Å²) in [5, 5.41) is 4.15. The fraction of sp³-hybridized carbons (Fsp3) is 0.364. The van der Waals surface area contributed by atoms with Gasteiger partial charge in [0.1, 0.15) is 11.6 Å². The normalized spacial score (nSPS) is 16.7. The number of methoxy groups -OCH3 is 1. The number of fused-ring (bicyclic) bond motifs is 1. The molecule has 2 heterocycles. The van der Waals surface area contributed by atoms with Gasteiger partial charge in [-0.25, -0.2) is 4.98 Å². The van der Waals surface area contributed by atoms with Crippen LogP contribution in [0.2, 0.25) is 5.02 Å². The van der Waals surface area contributed by atoms with E-state index in [0.717, 1.165) is 48.5 Å². The van der Waals surface area contributed by atoms with Crippen LogP contribution in [0.15, 0.2) is 42.5 Å². The number of halogens is 1. The number of amides is 1. The Hall–Kier alpha value is -2.57. The monoisotopic (exact) mass is 412 g/mol. The fourth-order valence-electron chi connectivity index (χ4n) is 3.87. The van der Waals surface area contributed by atoms with Crippen molar-refractivity contribution in [2.24, 2.45) is 0 Å². The maximum Gasteiger partial charge on any atom is 0.223 e. The van der Waals surface area contributed by atoms with E-state index in [2.05, 4.69) is 21.4 Å². The summed E-state index contributed by atoms with van der Waals surface area (Å²) in [6.07, 6.45) is 2.42. The van der Waals surface area contributed by atoms with Crippen molar-refractivity contribution in [3.63, 3.8) is 0 Å². The number of nitrogens with one attached hydrogen (secondary N) is 2. The van der Waals surface area contributed by atoms with Crippen molar-refractivity contribution in [3.05, 3.63) is 58.9 Å². The van der Waals surface area contributed by atoms with Crippen molar-refractivity contribution < 1.29 is 9.53 Å². The Kier molecular flexibility index (Phi) is 6.02. The molecule has 0 saturated carbocycles. The first-order valence-electron chi connectivity index (χ1n) is 9.89. The van der Waals surface area contributed by atoms with Crippen LogP contribution in [0.5, 0.6) is 5.75 Å². The Morgan fingerprint density at radius 1 is 1.31 bits per heavy atom. The van der Waals surface area contributed by atoms with Crippen LogP contribution in [0, 0.1) is 0 Å². The Morgan fingerprint density at radius 2 is 2.21 bits per heavy atom.